The zero-order valence-corrected chi connectivity index (χ0v) is 17.4. The second-order valence-corrected chi connectivity index (χ2v) is 7.98. The summed E-state index contributed by atoms with van der Waals surface area (Å²) in [5.41, 5.74) is -1.15. The van der Waals surface area contributed by atoms with Gasteiger partial charge in [-0.2, -0.15) is 26.3 Å². The van der Waals surface area contributed by atoms with Crippen molar-refractivity contribution in [1.29, 1.82) is 0 Å². The van der Waals surface area contributed by atoms with Gasteiger partial charge in [-0.3, -0.25) is 4.79 Å². The van der Waals surface area contributed by atoms with E-state index in [1.54, 1.807) is 0 Å². The van der Waals surface area contributed by atoms with Crippen LogP contribution in [-0.4, -0.2) is 25.2 Å². The van der Waals surface area contributed by atoms with Crippen LogP contribution >= 0.6 is 11.6 Å². The average Bonchev–Trinajstić information content (AvgIpc) is 2.69. The van der Waals surface area contributed by atoms with E-state index >= 15 is 0 Å². The van der Waals surface area contributed by atoms with Crippen LogP contribution in [0.3, 0.4) is 0 Å². The van der Waals surface area contributed by atoms with Gasteiger partial charge in [0.2, 0.25) is 0 Å². The van der Waals surface area contributed by atoms with E-state index in [1.807, 2.05) is 0 Å². The minimum absolute atomic E-state index is 0.168. The molecule has 11 heteroatoms. The molecule has 174 valence electrons. The van der Waals surface area contributed by atoms with Gasteiger partial charge < -0.3 is 10.2 Å². The highest BCUT2D eigenvalue weighted by Gasteiger charge is 2.42. The van der Waals surface area contributed by atoms with Gasteiger partial charge in [0.25, 0.3) is 5.91 Å². The van der Waals surface area contributed by atoms with Crippen molar-refractivity contribution in [1.82, 2.24) is 0 Å². The van der Waals surface area contributed by atoms with Crippen LogP contribution in [0.1, 0.15) is 34.3 Å². The van der Waals surface area contributed by atoms with Crippen molar-refractivity contribution in [2.75, 3.05) is 23.3 Å². The predicted octanol–water partition coefficient (Wildman–Crippen LogP) is 6.84. The Morgan fingerprint density at radius 1 is 1.06 bits per heavy atom. The second kappa shape index (κ2) is 8.80. The molecule has 1 amide bonds. The second-order valence-electron chi connectivity index (χ2n) is 7.57. The molecule has 0 atom stereocenters. The summed E-state index contributed by atoms with van der Waals surface area (Å²) >= 11 is 5.78. The van der Waals surface area contributed by atoms with E-state index < -0.39 is 40.6 Å². The van der Waals surface area contributed by atoms with Crippen LogP contribution in [0, 0.1) is 18.7 Å². The van der Waals surface area contributed by atoms with Crippen LogP contribution in [0.5, 0.6) is 0 Å². The van der Waals surface area contributed by atoms with Crippen molar-refractivity contribution in [3.63, 3.8) is 0 Å². The molecule has 0 saturated carbocycles. The normalized spacial score (nSPS) is 15.7. The summed E-state index contributed by atoms with van der Waals surface area (Å²) in [7, 11) is 0. The highest BCUT2D eigenvalue weighted by molar-refractivity contribution is 6.32. The first kappa shape index (κ1) is 24.2. The van der Waals surface area contributed by atoms with Crippen molar-refractivity contribution in [2.24, 2.45) is 5.92 Å². The van der Waals surface area contributed by atoms with Crippen LogP contribution in [0.4, 0.5) is 42.1 Å². The molecule has 3 nitrogen and oxygen atoms in total. The number of rotatable bonds is 3. The maximum absolute atomic E-state index is 13.5. The zero-order chi connectivity index (χ0) is 23.8. The monoisotopic (exact) mass is 482 g/mol. The Balaban J connectivity index is 1.96. The molecule has 0 aromatic heterocycles. The predicted molar refractivity (Wildman–Crippen MR) is 107 cm³/mol. The molecule has 2 aromatic rings. The SMILES string of the molecule is Cc1cc(NC(=O)c2cc(Cl)c(C(F)(F)F)cc2N2CCC(C(F)(F)F)CC2)ccc1F. The van der Waals surface area contributed by atoms with E-state index in [0.717, 1.165) is 12.1 Å². The van der Waals surface area contributed by atoms with E-state index in [0.29, 0.717) is 6.07 Å². The number of anilines is 2. The summed E-state index contributed by atoms with van der Waals surface area (Å²) in [6.45, 7) is 1.11. The lowest BCUT2D eigenvalue weighted by molar-refractivity contribution is -0.179. The van der Waals surface area contributed by atoms with Crippen LogP contribution in [0.15, 0.2) is 30.3 Å². The lowest BCUT2D eigenvalue weighted by Gasteiger charge is -2.35. The van der Waals surface area contributed by atoms with Gasteiger partial charge in [0.1, 0.15) is 5.82 Å². The summed E-state index contributed by atoms with van der Waals surface area (Å²) in [5.74, 6) is -2.89. The molecule has 0 aliphatic carbocycles. The topological polar surface area (TPSA) is 32.3 Å². The maximum Gasteiger partial charge on any atom is 0.417 e. The number of aryl methyl sites for hydroxylation is 1. The smallest absolute Gasteiger partial charge is 0.371 e. The number of piperidine rings is 1. The number of hydrogen-bond acceptors (Lipinski definition) is 2. The zero-order valence-electron chi connectivity index (χ0n) is 16.7. The molecule has 0 unspecified atom stereocenters. The fourth-order valence-electron chi connectivity index (χ4n) is 3.59. The fourth-order valence-corrected chi connectivity index (χ4v) is 3.86. The fraction of sp³-hybridized carbons (Fsp3) is 0.381. The molecule has 1 aliphatic heterocycles. The largest absolute Gasteiger partial charge is 0.417 e. The number of benzene rings is 2. The van der Waals surface area contributed by atoms with Crippen molar-refractivity contribution in [3.05, 3.63) is 57.9 Å². The van der Waals surface area contributed by atoms with Gasteiger partial charge in [0, 0.05) is 18.8 Å². The van der Waals surface area contributed by atoms with Crippen molar-refractivity contribution < 1.29 is 35.5 Å². The molecule has 1 saturated heterocycles. The standard InChI is InChI=1S/C21H18ClF7N2O/c1-11-8-13(2-3-17(11)23)30-19(32)14-9-16(22)15(21(27,28)29)10-18(14)31-6-4-12(5-7-31)20(24,25)26/h2-3,8-10,12H,4-7H2,1H3,(H,30,32). The maximum atomic E-state index is 13.5. The first-order chi connectivity index (χ1) is 14.8. The summed E-state index contributed by atoms with van der Waals surface area (Å²) in [5, 5.41) is 1.76. The summed E-state index contributed by atoms with van der Waals surface area (Å²) in [6, 6.07) is 5.27. The number of hydrogen-bond donors (Lipinski definition) is 1. The quantitative estimate of drug-likeness (QED) is 0.486. The molecule has 1 heterocycles. The van der Waals surface area contributed by atoms with Gasteiger partial charge in [0.05, 0.1) is 27.8 Å². The van der Waals surface area contributed by atoms with E-state index in [2.05, 4.69) is 5.32 Å². The molecule has 1 aliphatic rings. The van der Waals surface area contributed by atoms with E-state index in [-0.39, 0.29) is 48.4 Å². The lowest BCUT2D eigenvalue weighted by Crippen LogP contribution is -2.40. The molecule has 1 N–H and O–H groups in total. The molecule has 0 spiro atoms. The number of carbonyl (C=O) groups is 1. The Morgan fingerprint density at radius 3 is 2.22 bits per heavy atom. The molecule has 0 radical (unpaired) electrons. The molecule has 32 heavy (non-hydrogen) atoms. The number of amides is 1. The molecule has 2 aromatic carbocycles. The summed E-state index contributed by atoms with van der Waals surface area (Å²) < 4.78 is 92.6. The van der Waals surface area contributed by atoms with E-state index in [1.165, 1.54) is 24.0 Å². The third-order valence-electron chi connectivity index (χ3n) is 5.35. The highest BCUT2D eigenvalue weighted by atomic mass is 35.5. The Hall–Kier alpha value is -2.49. The van der Waals surface area contributed by atoms with Crippen LogP contribution in [0.25, 0.3) is 0 Å². The lowest BCUT2D eigenvalue weighted by atomic mass is 9.95. The number of carbonyl (C=O) groups excluding carboxylic acids is 1. The third kappa shape index (κ3) is 5.28. The average molecular weight is 483 g/mol. The van der Waals surface area contributed by atoms with Gasteiger partial charge in [-0.15, -0.1) is 0 Å². The van der Waals surface area contributed by atoms with E-state index in [9.17, 15) is 35.5 Å². The summed E-state index contributed by atoms with van der Waals surface area (Å²) in [4.78, 5) is 14.2. The number of halogens is 8. The minimum atomic E-state index is -4.82. The first-order valence-corrected chi connectivity index (χ1v) is 9.95. The van der Waals surface area contributed by atoms with Gasteiger partial charge in [-0.25, -0.2) is 4.39 Å². The van der Waals surface area contributed by atoms with Gasteiger partial charge in [0.15, 0.2) is 0 Å². The Morgan fingerprint density at radius 2 is 1.69 bits per heavy atom. The molecular formula is C21H18ClF7N2O. The van der Waals surface area contributed by atoms with Gasteiger partial charge in [-0.1, -0.05) is 11.6 Å². The van der Waals surface area contributed by atoms with Crippen LogP contribution in [-0.2, 0) is 6.18 Å². The number of nitrogens with one attached hydrogen (secondary N) is 1. The molecular weight excluding hydrogens is 465 g/mol. The minimum Gasteiger partial charge on any atom is -0.371 e. The molecule has 1 fully saturated rings. The highest BCUT2D eigenvalue weighted by Crippen LogP contribution is 2.41. The molecule has 3 rings (SSSR count). The Bertz CT molecular complexity index is 1010. The van der Waals surface area contributed by atoms with Crippen LogP contribution < -0.4 is 10.2 Å². The van der Waals surface area contributed by atoms with Crippen molar-refractivity contribution in [2.45, 2.75) is 32.1 Å². The third-order valence-corrected chi connectivity index (χ3v) is 5.66. The van der Waals surface area contributed by atoms with Crippen LogP contribution in [0.2, 0.25) is 5.02 Å². The Kier molecular flexibility index (Phi) is 6.65. The number of nitrogens with zero attached hydrogens (tertiary/aromatic N) is 1. The first-order valence-electron chi connectivity index (χ1n) is 9.57. The molecule has 0 bridgehead atoms. The van der Waals surface area contributed by atoms with E-state index in [4.69, 9.17) is 11.6 Å². The van der Waals surface area contributed by atoms with Gasteiger partial charge in [-0.05, 0) is 55.7 Å². The van der Waals surface area contributed by atoms with Gasteiger partial charge >= 0.3 is 12.4 Å². The summed E-state index contributed by atoms with van der Waals surface area (Å²) in [6.07, 6.45) is -9.85. The Labute approximate surface area is 184 Å². The number of alkyl halides is 6. The van der Waals surface area contributed by atoms with Crippen molar-refractivity contribution >= 4 is 28.9 Å². The van der Waals surface area contributed by atoms with Crippen molar-refractivity contribution in [3.8, 4) is 0 Å².